The third-order valence-corrected chi connectivity index (χ3v) is 7.77. The van der Waals surface area contributed by atoms with Gasteiger partial charge in [0, 0.05) is 48.0 Å². The molecular formula is C27H24F4N4O2S. The van der Waals surface area contributed by atoms with Crippen LogP contribution in [0.25, 0.3) is 10.9 Å². The van der Waals surface area contributed by atoms with Crippen LogP contribution in [-0.2, 0) is 12.6 Å². The number of nitrogens with zero attached hydrogens (tertiary/aromatic N) is 2. The quantitative estimate of drug-likeness (QED) is 0.303. The van der Waals surface area contributed by atoms with Crippen molar-refractivity contribution in [3.63, 3.8) is 0 Å². The normalized spacial score (nSPS) is 14.7. The molecule has 2 aromatic heterocycles. The second-order valence-corrected chi connectivity index (χ2v) is 10.1. The van der Waals surface area contributed by atoms with Crippen LogP contribution in [0, 0.1) is 5.82 Å². The van der Waals surface area contributed by atoms with Crippen LogP contribution in [0.4, 0.5) is 17.6 Å². The number of halogens is 4. The van der Waals surface area contributed by atoms with E-state index < -0.39 is 17.6 Å². The fourth-order valence-electron chi connectivity index (χ4n) is 4.75. The molecule has 5 rings (SSSR count). The molecule has 2 N–H and O–H groups in total. The molecular weight excluding hydrogens is 520 g/mol. The van der Waals surface area contributed by atoms with Crippen LogP contribution in [0.3, 0.4) is 0 Å². The molecule has 198 valence electrons. The van der Waals surface area contributed by atoms with Gasteiger partial charge in [0.25, 0.3) is 11.8 Å². The van der Waals surface area contributed by atoms with Gasteiger partial charge in [-0.2, -0.15) is 13.2 Å². The van der Waals surface area contributed by atoms with Gasteiger partial charge in [0.05, 0.1) is 16.1 Å². The highest BCUT2D eigenvalue weighted by Crippen LogP contribution is 2.34. The van der Waals surface area contributed by atoms with E-state index in [4.69, 9.17) is 0 Å². The Morgan fingerprint density at radius 2 is 1.89 bits per heavy atom. The topological polar surface area (TPSA) is 78.1 Å². The Hall–Kier alpha value is -3.73. The number of thiazole rings is 1. The summed E-state index contributed by atoms with van der Waals surface area (Å²) in [7, 11) is 0. The summed E-state index contributed by atoms with van der Waals surface area (Å²) in [5, 5.41) is 6.07. The highest BCUT2D eigenvalue weighted by Gasteiger charge is 2.36. The lowest BCUT2D eigenvalue weighted by molar-refractivity contribution is -0.138. The average Bonchev–Trinajstić information content (AvgIpc) is 3.56. The van der Waals surface area contributed by atoms with Crippen molar-refractivity contribution in [2.75, 3.05) is 19.6 Å². The van der Waals surface area contributed by atoms with Crippen LogP contribution in [-0.4, -0.2) is 46.3 Å². The Balaban J connectivity index is 1.15. The summed E-state index contributed by atoms with van der Waals surface area (Å²) in [5.41, 5.74) is 0.753. The van der Waals surface area contributed by atoms with E-state index in [1.54, 1.807) is 17.6 Å². The highest BCUT2D eigenvalue weighted by atomic mass is 32.1. The smallest absolute Gasteiger partial charge is 0.361 e. The summed E-state index contributed by atoms with van der Waals surface area (Å²) in [6.07, 6.45) is -1.18. The number of amides is 2. The maximum absolute atomic E-state index is 13.6. The second-order valence-electron chi connectivity index (χ2n) is 9.19. The Bertz CT molecular complexity index is 1470. The monoisotopic (exact) mass is 544 g/mol. The van der Waals surface area contributed by atoms with E-state index in [9.17, 15) is 27.2 Å². The molecule has 1 aliphatic rings. The Morgan fingerprint density at radius 3 is 2.66 bits per heavy atom. The predicted molar refractivity (Wildman–Crippen MR) is 136 cm³/mol. The molecule has 0 radical (unpaired) electrons. The van der Waals surface area contributed by atoms with Gasteiger partial charge in [0.15, 0.2) is 0 Å². The van der Waals surface area contributed by atoms with Crippen molar-refractivity contribution >= 4 is 34.1 Å². The van der Waals surface area contributed by atoms with E-state index in [1.165, 1.54) is 46.6 Å². The van der Waals surface area contributed by atoms with Crippen molar-refractivity contribution in [2.24, 2.45) is 0 Å². The molecule has 4 aromatic rings. The van der Waals surface area contributed by atoms with E-state index in [0.29, 0.717) is 44.6 Å². The SMILES string of the molecule is O=C(NCCc1c[nH]c2ccc(F)cc12)c1csc(C2CCN(C(=O)c3ccccc3C(F)(F)F)CC2)n1. The number of carbonyl (C=O) groups is 2. The van der Waals surface area contributed by atoms with Gasteiger partial charge >= 0.3 is 6.18 Å². The van der Waals surface area contributed by atoms with Crippen LogP contribution in [0.2, 0.25) is 0 Å². The first-order valence-corrected chi connectivity index (χ1v) is 13.0. The van der Waals surface area contributed by atoms with Gasteiger partial charge in [0.2, 0.25) is 0 Å². The number of fused-ring (bicyclic) bond motifs is 1. The van der Waals surface area contributed by atoms with Gasteiger partial charge < -0.3 is 15.2 Å². The van der Waals surface area contributed by atoms with Crippen LogP contribution < -0.4 is 5.32 Å². The van der Waals surface area contributed by atoms with E-state index in [-0.39, 0.29) is 23.2 Å². The van der Waals surface area contributed by atoms with Crippen molar-refractivity contribution in [3.8, 4) is 0 Å². The number of carbonyl (C=O) groups excluding carboxylic acids is 2. The average molecular weight is 545 g/mol. The molecule has 1 fully saturated rings. The highest BCUT2D eigenvalue weighted by molar-refractivity contribution is 7.09. The number of benzene rings is 2. The van der Waals surface area contributed by atoms with Gasteiger partial charge in [-0.3, -0.25) is 9.59 Å². The standard InChI is InChI=1S/C27H24F4N4O2S/c28-18-5-6-22-20(13-18)17(14-33-22)7-10-32-24(36)23-15-38-25(34-23)16-8-11-35(12-9-16)26(37)19-3-1-2-4-21(19)27(29,30)31/h1-6,13-16,33H,7-12H2,(H,32,36). The maximum Gasteiger partial charge on any atom is 0.417 e. The van der Waals surface area contributed by atoms with E-state index in [0.717, 1.165) is 27.5 Å². The van der Waals surface area contributed by atoms with Crippen molar-refractivity contribution in [2.45, 2.75) is 31.4 Å². The summed E-state index contributed by atoms with van der Waals surface area (Å²) in [5.74, 6) is -1.24. The van der Waals surface area contributed by atoms with Crippen molar-refractivity contribution in [1.82, 2.24) is 20.2 Å². The summed E-state index contributed by atoms with van der Waals surface area (Å²) >= 11 is 1.36. The van der Waals surface area contributed by atoms with Crippen LogP contribution in [0.1, 0.15) is 55.7 Å². The van der Waals surface area contributed by atoms with Gasteiger partial charge in [0.1, 0.15) is 11.5 Å². The molecule has 0 spiro atoms. The first-order chi connectivity index (χ1) is 18.2. The zero-order valence-electron chi connectivity index (χ0n) is 20.1. The summed E-state index contributed by atoms with van der Waals surface area (Å²) in [4.78, 5) is 34.5. The fourth-order valence-corrected chi connectivity index (χ4v) is 5.73. The minimum absolute atomic E-state index is 0.0181. The number of hydrogen-bond donors (Lipinski definition) is 2. The van der Waals surface area contributed by atoms with E-state index in [2.05, 4.69) is 15.3 Å². The molecule has 1 aliphatic heterocycles. The van der Waals surface area contributed by atoms with Crippen molar-refractivity contribution in [3.05, 3.63) is 87.3 Å². The van der Waals surface area contributed by atoms with Gasteiger partial charge in [-0.15, -0.1) is 11.3 Å². The van der Waals surface area contributed by atoms with Gasteiger partial charge in [-0.05, 0) is 55.2 Å². The third-order valence-electron chi connectivity index (χ3n) is 6.76. The molecule has 0 atom stereocenters. The van der Waals surface area contributed by atoms with Gasteiger partial charge in [-0.25, -0.2) is 9.37 Å². The lowest BCUT2D eigenvalue weighted by atomic mass is 9.96. The fraction of sp³-hybridized carbons (Fsp3) is 0.296. The molecule has 0 bridgehead atoms. The number of alkyl halides is 3. The number of rotatable bonds is 6. The Labute approximate surface area is 219 Å². The Kier molecular flexibility index (Phi) is 7.20. The third kappa shape index (κ3) is 5.42. The first-order valence-electron chi connectivity index (χ1n) is 12.2. The van der Waals surface area contributed by atoms with E-state index in [1.807, 2.05) is 0 Å². The molecule has 1 saturated heterocycles. The lowest BCUT2D eigenvalue weighted by Gasteiger charge is -2.31. The largest absolute Gasteiger partial charge is 0.417 e. The summed E-state index contributed by atoms with van der Waals surface area (Å²) in [6, 6.07) is 9.35. The predicted octanol–water partition coefficient (Wildman–Crippen LogP) is 5.77. The minimum atomic E-state index is -4.60. The molecule has 0 aliphatic carbocycles. The molecule has 0 unspecified atom stereocenters. The molecule has 2 aromatic carbocycles. The zero-order valence-corrected chi connectivity index (χ0v) is 21.0. The summed E-state index contributed by atoms with van der Waals surface area (Å²) in [6.45, 7) is 0.971. The maximum atomic E-state index is 13.6. The lowest BCUT2D eigenvalue weighted by Crippen LogP contribution is -2.38. The second kappa shape index (κ2) is 10.6. The molecule has 0 saturated carbocycles. The number of piperidine rings is 1. The van der Waals surface area contributed by atoms with Crippen molar-refractivity contribution < 1.29 is 27.2 Å². The molecule has 2 amide bonds. The number of hydrogen-bond acceptors (Lipinski definition) is 4. The molecule has 6 nitrogen and oxygen atoms in total. The Morgan fingerprint density at radius 1 is 1.13 bits per heavy atom. The number of aromatic nitrogens is 2. The van der Waals surface area contributed by atoms with E-state index >= 15 is 0 Å². The molecule has 3 heterocycles. The zero-order chi connectivity index (χ0) is 26.9. The number of aromatic amines is 1. The molecule has 38 heavy (non-hydrogen) atoms. The first kappa shape index (κ1) is 25.9. The summed E-state index contributed by atoms with van der Waals surface area (Å²) < 4.78 is 53.5. The number of nitrogens with one attached hydrogen (secondary N) is 2. The van der Waals surface area contributed by atoms with Gasteiger partial charge in [-0.1, -0.05) is 12.1 Å². The van der Waals surface area contributed by atoms with Crippen LogP contribution >= 0.6 is 11.3 Å². The van der Waals surface area contributed by atoms with Crippen molar-refractivity contribution in [1.29, 1.82) is 0 Å². The molecule has 11 heteroatoms. The van der Waals surface area contributed by atoms with Crippen LogP contribution in [0.5, 0.6) is 0 Å². The number of H-pyrrole nitrogens is 1. The van der Waals surface area contributed by atoms with Crippen LogP contribution in [0.15, 0.2) is 54.0 Å². The number of likely N-dealkylation sites (tertiary alicyclic amines) is 1. The minimum Gasteiger partial charge on any atom is -0.361 e.